The van der Waals surface area contributed by atoms with Gasteiger partial charge in [0.25, 0.3) is 0 Å². The molecule has 0 amide bonds. The van der Waals surface area contributed by atoms with Crippen molar-refractivity contribution >= 4 is 0 Å². The lowest BCUT2D eigenvalue weighted by Crippen LogP contribution is -2.13. The third kappa shape index (κ3) is 4.19. The fourth-order valence-corrected chi connectivity index (χ4v) is 2.36. The Morgan fingerprint density at radius 3 is 2.16 bits per heavy atom. The number of aryl methyl sites for hydroxylation is 2. The maximum atomic E-state index is 9.11. The van der Waals surface area contributed by atoms with E-state index in [0.717, 1.165) is 18.7 Å². The van der Waals surface area contributed by atoms with Crippen molar-refractivity contribution in [2.45, 2.75) is 33.5 Å². The molecule has 0 fully saturated rings. The van der Waals surface area contributed by atoms with Crippen LogP contribution in [0.1, 0.15) is 27.8 Å². The van der Waals surface area contributed by atoms with Crippen molar-refractivity contribution < 1.29 is 5.11 Å². The second kappa shape index (κ2) is 6.50. The first-order chi connectivity index (χ1) is 9.17. The van der Waals surface area contributed by atoms with Crippen LogP contribution in [0.2, 0.25) is 0 Å². The predicted molar refractivity (Wildman–Crippen MR) is 78.8 cm³/mol. The van der Waals surface area contributed by atoms with E-state index >= 15 is 0 Å². The molecule has 2 rings (SSSR count). The molecule has 2 aromatic rings. The SMILES string of the molecule is Cc1cc(C)cc(CNCc2cccc(CO)c2)c1. The van der Waals surface area contributed by atoms with E-state index in [0.29, 0.717) is 0 Å². The molecule has 0 unspecified atom stereocenters. The number of hydrogen-bond acceptors (Lipinski definition) is 2. The van der Waals surface area contributed by atoms with Gasteiger partial charge in [-0.25, -0.2) is 0 Å². The van der Waals surface area contributed by atoms with Crippen molar-refractivity contribution in [1.29, 1.82) is 0 Å². The molecule has 0 radical (unpaired) electrons. The first kappa shape index (κ1) is 13.8. The van der Waals surface area contributed by atoms with Crippen molar-refractivity contribution in [3.8, 4) is 0 Å². The zero-order valence-electron chi connectivity index (χ0n) is 11.6. The van der Waals surface area contributed by atoms with Gasteiger partial charge in [-0.15, -0.1) is 0 Å². The molecule has 19 heavy (non-hydrogen) atoms. The second-order valence-corrected chi connectivity index (χ2v) is 5.08. The lowest BCUT2D eigenvalue weighted by molar-refractivity contribution is 0.281. The Morgan fingerprint density at radius 2 is 1.47 bits per heavy atom. The summed E-state index contributed by atoms with van der Waals surface area (Å²) in [6.45, 7) is 6.04. The molecular formula is C17H21NO. The van der Waals surface area contributed by atoms with E-state index in [1.807, 2.05) is 18.2 Å². The average Bonchev–Trinajstić information content (AvgIpc) is 2.38. The van der Waals surface area contributed by atoms with Crippen molar-refractivity contribution in [2.75, 3.05) is 0 Å². The molecule has 0 spiro atoms. The van der Waals surface area contributed by atoms with Gasteiger partial charge in [0.2, 0.25) is 0 Å². The molecule has 0 aliphatic rings. The minimum absolute atomic E-state index is 0.102. The molecule has 0 aromatic heterocycles. The quantitative estimate of drug-likeness (QED) is 0.860. The number of hydrogen-bond donors (Lipinski definition) is 2. The second-order valence-electron chi connectivity index (χ2n) is 5.08. The van der Waals surface area contributed by atoms with Crippen molar-refractivity contribution in [1.82, 2.24) is 5.32 Å². The largest absolute Gasteiger partial charge is 0.392 e. The number of benzene rings is 2. The predicted octanol–water partition coefficient (Wildman–Crippen LogP) is 3.09. The number of aliphatic hydroxyl groups excluding tert-OH is 1. The van der Waals surface area contributed by atoms with Gasteiger partial charge >= 0.3 is 0 Å². The fourth-order valence-electron chi connectivity index (χ4n) is 2.36. The highest BCUT2D eigenvalue weighted by molar-refractivity contribution is 5.28. The summed E-state index contributed by atoms with van der Waals surface area (Å²) >= 11 is 0. The van der Waals surface area contributed by atoms with Gasteiger partial charge < -0.3 is 10.4 Å². The molecule has 2 nitrogen and oxygen atoms in total. The Balaban J connectivity index is 1.92. The molecule has 0 bridgehead atoms. The highest BCUT2D eigenvalue weighted by atomic mass is 16.3. The van der Waals surface area contributed by atoms with Crippen LogP contribution < -0.4 is 5.32 Å². The Labute approximate surface area is 115 Å². The fraction of sp³-hybridized carbons (Fsp3) is 0.294. The van der Waals surface area contributed by atoms with E-state index in [-0.39, 0.29) is 6.61 Å². The maximum absolute atomic E-state index is 9.11. The molecule has 0 atom stereocenters. The highest BCUT2D eigenvalue weighted by Crippen LogP contribution is 2.09. The van der Waals surface area contributed by atoms with Crippen LogP contribution in [0.5, 0.6) is 0 Å². The molecule has 0 saturated carbocycles. The van der Waals surface area contributed by atoms with Gasteiger partial charge in [0, 0.05) is 13.1 Å². The first-order valence-electron chi connectivity index (χ1n) is 6.64. The average molecular weight is 255 g/mol. The molecule has 0 aliphatic carbocycles. The number of rotatable bonds is 5. The van der Waals surface area contributed by atoms with Gasteiger partial charge in [-0.05, 0) is 30.5 Å². The lowest BCUT2D eigenvalue weighted by atomic mass is 10.1. The molecule has 100 valence electrons. The van der Waals surface area contributed by atoms with Gasteiger partial charge in [0.05, 0.1) is 6.61 Å². The van der Waals surface area contributed by atoms with Crippen LogP contribution in [0.15, 0.2) is 42.5 Å². The van der Waals surface area contributed by atoms with Gasteiger partial charge in [0.1, 0.15) is 0 Å². The minimum atomic E-state index is 0.102. The third-order valence-corrected chi connectivity index (χ3v) is 3.11. The molecule has 2 heteroatoms. The zero-order chi connectivity index (χ0) is 13.7. The molecule has 0 saturated heterocycles. The van der Waals surface area contributed by atoms with Crippen LogP contribution in [0.25, 0.3) is 0 Å². The monoisotopic (exact) mass is 255 g/mol. The normalized spacial score (nSPS) is 10.7. The first-order valence-corrected chi connectivity index (χ1v) is 6.64. The summed E-state index contributed by atoms with van der Waals surface area (Å²) in [4.78, 5) is 0. The molecule has 0 aliphatic heterocycles. The molecular weight excluding hydrogens is 234 g/mol. The van der Waals surface area contributed by atoms with Crippen LogP contribution in [-0.2, 0) is 19.7 Å². The van der Waals surface area contributed by atoms with Crippen LogP contribution in [0, 0.1) is 13.8 Å². The summed E-state index contributed by atoms with van der Waals surface area (Å²) in [7, 11) is 0. The van der Waals surface area contributed by atoms with Crippen LogP contribution in [0.3, 0.4) is 0 Å². The van der Waals surface area contributed by atoms with Crippen LogP contribution in [-0.4, -0.2) is 5.11 Å². The van der Waals surface area contributed by atoms with Gasteiger partial charge in [0.15, 0.2) is 0 Å². The van der Waals surface area contributed by atoms with E-state index in [4.69, 9.17) is 5.11 Å². The Bertz CT molecular complexity index is 528. The van der Waals surface area contributed by atoms with E-state index in [1.165, 1.54) is 22.3 Å². The van der Waals surface area contributed by atoms with Crippen molar-refractivity contribution in [3.05, 3.63) is 70.3 Å². The number of aliphatic hydroxyl groups is 1. The maximum Gasteiger partial charge on any atom is 0.0681 e. The summed E-state index contributed by atoms with van der Waals surface area (Å²) in [6, 6.07) is 14.7. The smallest absolute Gasteiger partial charge is 0.0681 e. The Morgan fingerprint density at radius 1 is 0.842 bits per heavy atom. The van der Waals surface area contributed by atoms with E-state index < -0.39 is 0 Å². The Kier molecular flexibility index (Phi) is 4.72. The summed E-state index contributed by atoms with van der Waals surface area (Å²) in [5.41, 5.74) is 6.09. The van der Waals surface area contributed by atoms with Crippen LogP contribution >= 0.6 is 0 Å². The highest BCUT2D eigenvalue weighted by Gasteiger charge is 1.98. The van der Waals surface area contributed by atoms with Gasteiger partial charge in [-0.2, -0.15) is 0 Å². The van der Waals surface area contributed by atoms with Crippen LogP contribution in [0.4, 0.5) is 0 Å². The minimum Gasteiger partial charge on any atom is -0.392 e. The summed E-state index contributed by atoms with van der Waals surface area (Å²) in [6.07, 6.45) is 0. The number of nitrogens with one attached hydrogen (secondary N) is 1. The lowest BCUT2D eigenvalue weighted by Gasteiger charge is -2.08. The summed E-state index contributed by atoms with van der Waals surface area (Å²) < 4.78 is 0. The molecule has 0 heterocycles. The topological polar surface area (TPSA) is 32.3 Å². The third-order valence-electron chi connectivity index (χ3n) is 3.11. The summed E-state index contributed by atoms with van der Waals surface area (Å²) in [5.74, 6) is 0. The van der Waals surface area contributed by atoms with Gasteiger partial charge in [-0.1, -0.05) is 53.6 Å². The van der Waals surface area contributed by atoms with E-state index in [9.17, 15) is 0 Å². The summed E-state index contributed by atoms with van der Waals surface area (Å²) in [5, 5.41) is 12.5. The standard InChI is InChI=1S/C17H21NO/c1-13-6-14(2)8-17(7-13)11-18-10-15-4-3-5-16(9-15)12-19/h3-9,18-19H,10-12H2,1-2H3. The molecule has 2 N–H and O–H groups in total. The van der Waals surface area contributed by atoms with Gasteiger partial charge in [-0.3, -0.25) is 0 Å². The van der Waals surface area contributed by atoms with Crippen molar-refractivity contribution in [3.63, 3.8) is 0 Å². The van der Waals surface area contributed by atoms with E-state index in [2.05, 4.69) is 43.4 Å². The van der Waals surface area contributed by atoms with Crippen molar-refractivity contribution in [2.24, 2.45) is 0 Å². The zero-order valence-corrected chi connectivity index (χ0v) is 11.6. The Hall–Kier alpha value is -1.64. The van der Waals surface area contributed by atoms with E-state index in [1.54, 1.807) is 0 Å². The molecule has 2 aromatic carbocycles.